The van der Waals surface area contributed by atoms with Crippen LogP contribution in [0.5, 0.6) is 5.75 Å². The van der Waals surface area contributed by atoms with E-state index in [0.29, 0.717) is 12.3 Å². The normalized spacial score (nSPS) is 10.8. The molecule has 0 bridgehead atoms. The third kappa shape index (κ3) is 4.07. The number of rotatable bonds is 6. The van der Waals surface area contributed by atoms with Gasteiger partial charge in [-0.05, 0) is 29.8 Å². The first-order chi connectivity index (χ1) is 11.7. The minimum atomic E-state index is 0.0927. The minimum Gasteiger partial charge on any atom is -0.497 e. The monoisotopic (exact) mass is 358 g/mol. The van der Waals surface area contributed by atoms with Gasteiger partial charge in [-0.15, -0.1) is 11.3 Å². The van der Waals surface area contributed by atoms with E-state index < -0.39 is 0 Å². The van der Waals surface area contributed by atoms with Gasteiger partial charge in [0.15, 0.2) is 4.34 Å². The van der Waals surface area contributed by atoms with Gasteiger partial charge in [-0.1, -0.05) is 36.0 Å². The van der Waals surface area contributed by atoms with Crippen molar-refractivity contribution in [3.05, 3.63) is 54.1 Å². The summed E-state index contributed by atoms with van der Waals surface area (Å²) in [6.07, 6.45) is 0. The lowest BCUT2D eigenvalue weighted by atomic mass is 10.2. The summed E-state index contributed by atoms with van der Waals surface area (Å²) in [5.74, 6) is 1.31. The van der Waals surface area contributed by atoms with Crippen LogP contribution in [0.4, 0.5) is 0 Å². The molecule has 0 aliphatic heterocycles. The van der Waals surface area contributed by atoms with Crippen LogP contribution in [0.1, 0.15) is 5.56 Å². The number of thiazole rings is 1. The van der Waals surface area contributed by atoms with E-state index in [9.17, 15) is 4.79 Å². The fourth-order valence-corrected chi connectivity index (χ4v) is 4.25. The molecule has 0 unspecified atom stereocenters. The van der Waals surface area contributed by atoms with Crippen LogP contribution in [0, 0.1) is 0 Å². The van der Waals surface area contributed by atoms with Crippen molar-refractivity contribution >= 4 is 39.2 Å². The zero-order valence-electron chi connectivity index (χ0n) is 13.6. The van der Waals surface area contributed by atoms with Gasteiger partial charge < -0.3 is 9.64 Å². The van der Waals surface area contributed by atoms with Crippen molar-refractivity contribution in [2.75, 3.05) is 19.9 Å². The number of aromatic nitrogens is 1. The second kappa shape index (κ2) is 7.68. The molecule has 24 heavy (non-hydrogen) atoms. The summed E-state index contributed by atoms with van der Waals surface area (Å²) in [4.78, 5) is 18.6. The van der Waals surface area contributed by atoms with E-state index in [-0.39, 0.29) is 5.91 Å². The van der Waals surface area contributed by atoms with Crippen LogP contribution in [0.3, 0.4) is 0 Å². The molecule has 1 aromatic heterocycles. The highest BCUT2D eigenvalue weighted by atomic mass is 32.2. The molecule has 0 aliphatic carbocycles. The van der Waals surface area contributed by atoms with E-state index in [2.05, 4.69) is 11.1 Å². The molecule has 3 aromatic rings. The molecular formula is C18H18N2O2S2. The topological polar surface area (TPSA) is 42.4 Å². The highest BCUT2D eigenvalue weighted by Crippen LogP contribution is 2.29. The predicted octanol–water partition coefficient (Wildman–Crippen LogP) is 4.06. The van der Waals surface area contributed by atoms with Gasteiger partial charge in [0.2, 0.25) is 5.91 Å². The predicted molar refractivity (Wildman–Crippen MR) is 99.8 cm³/mol. The van der Waals surface area contributed by atoms with Gasteiger partial charge in [0.1, 0.15) is 5.75 Å². The number of hydrogen-bond acceptors (Lipinski definition) is 5. The molecule has 0 saturated carbocycles. The molecule has 4 nitrogen and oxygen atoms in total. The van der Waals surface area contributed by atoms with Gasteiger partial charge >= 0.3 is 0 Å². The van der Waals surface area contributed by atoms with Crippen molar-refractivity contribution in [2.45, 2.75) is 10.9 Å². The van der Waals surface area contributed by atoms with Gasteiger partial charge in [0.25, 0.3) is 0 Å². The van der Waals surface area contributed by atoms with Crippen LogP contribution >= 0.6 is 23.1 Å². The van der Waals surface area contributed by atoms with E-state index in [1.54, 1.807) is 23.3 Å². The first-order valence-electron chi connectivity index (χ1n) is 7.51. The highest BCUT2D eigenvalue weighted by Gasteiger charge is 2.12. The Morgan fingerprint density at radius 2 is 1.96 bits per heavy atom. The lowest BCUT2D eigenvalue weighted by Crippen LogP contribution is -2.27. The Balaban J connectivity index is 1.55. The zero-order chi connectivity index (χ0) is 16.9. The lowest BCUT2D eigenvalue weighted by molar-refractivity contribution is -0.127. The molecule has 0 radical (unpaired) electrons. The molecule has 0 spiro atoms. The van der Waals surface area contributed by atoms with Crippen LogP contribution in [0.15, 0.2) is 52.9 Å². The number of thioether (sulfide) groups is 1. The Morgan fingerprint density at radius 1 is 1.21 bits per heavy atom. The molecule has 0 aliphatic rings. The largest absolute Gasteiger partial charge is 0.497 e. The maximum atomic E-state index is 12.3. The number of para-hydroxylation sites is 1. The number of methoxy groups -OCH3 is 1. The second-order valence-corrected chi connectivity index (χ2v) is 7.59. The summed E-state index contributed by atoms with van der Waals surface area (Å²) in [7, 11) is 3.47. The van der Waals surface area contributed by atoms with E-state index in [1.807, 2.05) is 49.5 Å². The Bertz CT molecular complexity index is 797. The summed E-state index contributed by atoms with van der Waals surface area (Å²) in [6, 6.07) is 15.8. The molecule has 0 fully saturated rings. The van der Waals surface area contributed by atoms with Crippen molar-refractivity contribution in [3.63, 3.8) is 0 Å². The van der Waals surface area contributed by atoms with Gasteiger partial charge in [0, 0.05) is 13.6 Å². The van der Waals surface area contributed by atoms with Gasteiger partial charge in [-0.2, -0.15) is 0 Å². The van der Waals surface area contributed by atoms with Crippen LogP contribution in [-0.4, -0.2) is 35.7 Å². The minimum absolute atomic E-state index is 0.0927. The third-order valence-corrected chi connectivity index (χ3v) is 5.76. The summed E-state index contributed by atoms with van der Waals surface area (Å²) >= 11 is 3.12. The van der Waals surface area contributed by atoms with Gasteiger partial charge in [-0.25, -0.2) is 4.98 Å². The quantitative estimate of drug-likeness (QED) is 0.623. The zero-order valence-corrected chi connectivity index (χ0v) is 15.2. The molecule has 1 amide bonds. The molecule has 124 valence electrons. The summed E-state index contributed by atoms with van der Waals surface area (Å²) in [6.45, 7) is 0.587. The van der Waals surface area contributed by atoms with Crippen molar-refractivity contribution in [2.24, 2.45) is 0 Å². The first-order valence-corrected chi connectivity index (χ1v) is 9.31. The number of amides is 1. The number of ether oxygens (including phenoxy) is 1. The number of hydrogen-bond donors (Lipinski definition) is 0. The highest BCUT2D eigenvalue weighted by molar-refractivity contribution is 8.01. The number of benzene rings is 2. The Morgan fingerprint density at radius 3 is 2.67 bits per heavy atom. The standard InChI is InChI=1S/C18H18N2O2S2/c1-20(11-13-7-9-14(22-2)10-8-13)17(21)12-23-18-19-15-5-3-4-6-16(15)24-18/h3-10H,11-12H2,1-2H3. The molecule has 6 heteroatoms. The van der Waals surface area contributed by atoms with E-state index in [1.165, 1.54) is 11.8 Å². The van der Waals surface area contributed by atoms with Crippen LogP contribution in [0.25, 0.3) is 10.2 Å². The summed E-state index contributed by atoms with van der Waals surface area (Å²) in [5, 5.41) is 0. The van der Waals surface area contributed by atoms with E-state index in [0.717, 1.165) is 25.9 Å². The van der Waals surface area contributed by atoms with E-state index >= 15 is 0 Å². The number of carbonyl (C=O) groups excluding carboxylic acids is 1. The average molecular weight is 358 g/mol. The first kappa shape index (κ1) is 16.8. The fraction of sp³-hybridized carbons (Fsp3) is 0.222. The average Bonchev–Trinajstić information content (AvgIpc) is 3.03. The van der Waals surface area contributed by atoms with Crippen LogP contribution in [0.2, 0.25) is 0 Å². The van der Waals surface area contributed by atoms with Crippen molar-refractivity contribution in [3.8, 4) is 5.75 Å². The third-order valence-electron chi connectivity index (χ3n) is 3.60. The smallest absolute Gasteiger partial charge is 0.233 e. The van der Waals surface area contributed by atoms with Gasteiger partial charge in [0.05, 0.1) is 23.1 Å². The van der Waals surface area contributed by atoms with E-state index in [4.69, 9.17) is 4.74 Å². The Labute approximate surface area is 149 Å². The number of nitrogens with zero attached hydrogens (tertiary/aromatic N) is 2. The number of fused-ring (bicyclic) bond motifs is 1. The Kier molecular flexibility index (Phi) is 5.37. The maximum Gasteiger partial charge on any atom is 0.233 e. The Hall–Kier alpha value is -2.05. The molecule has 0 saturated heterocycles. The SMILES string of the molecule is COc1ccc(CN(C)C(=O)CSc2nc3ccccc3s2)cc1. The molecule has 3 rings (SSSR count). The molecule has 1 heterocycles. The molecule has 2 aromatic carbocycles. The summed E-state index contributed by atoms with van der Waals surface area (Å²) in [5.41, 5.74) is 2.07. The summed E-state index contributed by atoms with van der Waals surface area (Å²) < 4.78 is 7.23. The molecule has 0 atom stereocenters. The maximum absolute atomic E-state index is 12.3. The molecular weight excluding hydrogens is 340 g/mol. The van der Waals surface area contributed by atoms with Crippen molar-refractivity contribution in [1.29, 1.82) is 0 Å². The fourth-order valence-electron chi connectivity index (χ4n) is 2.24. The second-order valence-electron chi connectivity index (χ2n) is 5.33. The number of carbonyl (C=O) groups is 1. The van der Waals surface area contributed by atoms with Crippen LogP contribution in [-0.2, 0) is 11.3 Å². The lowest BCUT2D eigenvalue weighted by Gasteiger charge is -2.17. The van der Waals surface area contributed by atoms with Crippen molar-refractivity contribution < 1.29 is 9.53 Å². The van der Waals surface area contributed by atoms with Crippen molar-refractivity contribution in [1.82, 2.24) is 9.88 Å². The van der Waals surface area contributed by atoms with Crippen LogP contribution < -0.4 is 4.74 Å². The van der Waals surface area contributed by atoms with Gasteiger partial charge in [-0.3, -0.25) is 4.79 Å². The molecule has 0 N–H and O–H groups in total.